The summed E-state index contributed by atoms with van der Waals surface area (Å²) in [5.41, 5.74) is 0.434. The highest BCUT2D eigenvalue weighted by molar-refractivity contribution is 7.98. The second-order valence-corrected chi connectivity index (χ2v) is 8.86. The van der Waals surface area contributed by atoms with Crippen LogP contribution < -0.4 is 14.9 Å². The predicted octanol–water partition coefficient (Wildman–Crippen LogP) is 5.02. The number of halogens is 6. The van der Waals surface area contributed by atoms with Crippen molar-refractivity contribution in [2.24, 2.45) is 10.9 Å². The highest BCUT2D eigenvalue weighted by atomic mass is 32.2. The number of benzene rings is 1. The van der Waals surface area contributed by atoms with E-state index >= 15 is 0 Å². The number of anilines is 1. The van der Waals surface area contributed by atoms with Gasteiger partial charge in [-0.15, -0.1) is 0 Å². The largest absolute Gasteiger partial charge is 0.408 e. The molecule has 2 aliphatic heterocycles. The summed E-state index contributed by atoms with van der Waals surface area (Å²) in [5.74, 6) is 0.314. The molecule has 11 heteroatoms. The van der Waals surface area contributed by atoms with E-state index in [4.69, 9.17) is 0 Å². The van der Waals surface area contributed by atoms with Crippen molar-refractivity contribution in [3.63, 3.8) is 0 Å². The number of piperidine rings is 1. The molecular weight excluding hydrogens is 430 g/mol. The van der Waals surface area contributed by atoms with Crippen molar-refractivity contribution in [1.82, 2.24) is 10.0 Å². The first-order valence-electron chi connectivity index (χ1n) is 9.86. The van der Waals surface area contributed by atoms with Crippen LogP contribution in [0, 0.1) is 11.7 Å². The lowest BCUT2D eigenvalue weighted by Crippen LogP contribution is -2.56. The molecule has 0 aromatic heterocycles. The Kier molecular flexibility index (Phi) is 5.86. The van der Waals surface area contributed by atoms with Gasteiger partial charge in [0.1, 0.15) is 23.4 Å². The number of nitrogens with one attached hydrogen (secondary N) is 2. The van der Waals surface area contributed by atoms with Crippen LogP contribution in [0.2, 0.25) is 0 Å². The molecule has 0 unspecified atom stereocenters. The van der Waals surface area contributed by atoms with Gasteiger partial charge < -0.3 is 14.9 Å². The standard InChI is InChI=1S/C19H22F6N4S/c1-9(17(21)22)26-12-4-5-29(15(8-12)19(23,24)25)13-6-11(20)7-14-16(13)27-18(28-30-14)10-2-3-10/h6-7,9-10,12,15,17,26H,2-5,8H2,1H3,(H,27,28)/t9-,12-,15+/m1/s1. The zero-order valence-electron chi connectivity index (χ0n) is 16.1. The van der Waals surface area contributed by atoms with Gasteiger partial charge >= 0.3 is 6.18 Å². The highest BCUT2D eigenvalue weighted by Crippen LogP contribution is 2.46. The van der Waals surface area contributed by atoms with Crippen LogP contribution in [0.15, 0.2) is 22.0 Å². The second-order valence-electron chi connectivity index (χ2n) is 8.01. The van der Waals surface area contributed by atoms with Gasteiger partial charge in [-0.05, 0) is 56.7 Å². The molecule has 1 aromatic carbocycles. The van der Waals surface area contributed by atoms with Gasteiger partial charge in [0.2, 0.25) is 0 Å². The number of hydrogen-bond donors (Lipinski definition) is 2. The third-order valence-electron chi connectivity index (χ3n) is 5.65. The van der Waals surface area contributed by atoms with Gasteiger partial charge in [0.25, 0.3) is 6.43 Å². The van der Waals surface area contributed by atoms with Crippen LogP contribution >= 0.6 is 11.9 Å². The number of aliphatic imine (C=N–C) groups is 1. The number of rotatable bonds is 5. The number of hydrogen-bond acceptors (Lipinski definition) is 5. The van der Waals surface area contributed by atoms with Crippen LogP contribution in [0.25, 0.3) is 0 Å². The lowest BCUT2D eigenvalue weighted by molar-refractivity contribution is -0.154. The Morgan fingerprint density at radius 3 is 2.60 bits per heavy atom. The average Bonchev–Trinajstić information content (AvgIpc) is 3.51. The first kappa shape index (κ1) is 21.6. The van der Waals surface area contributed by atoms with E-state index in [-0.39, 0.29) is 24.6 Å². The molecule has 1 aromatic rings. The van der Waals surface area contributed by atoms with Crippen LogP contribution in [0.3, 0.4) is 0 Å². The third-order valence-corrected chi connectivity index (χ3v) is 6.49. The fourth-order valence-corrected chi connectivity index (χ4v) is 4.76. The molecule has 1 saturated carbocycles. The van der Waals surface area contributed by atoms with Crippen molar-refractivity contribution >= 4 is 29.2 Å². The smallest absolute Gasteiger partial charge is 0.358 e. The SMILES string of the molecule is C[C@@H](N[C@@H]1CCN(c2cc(F)cc3c2N=C(C2CC2)NS3)[C@H](C(F)(F)F)C1)C(F)F. The van der Waals surface area contributed by atoms with Crippen molar-refractivity contribution in [1.29, 1.82) is 0 Å². The van der Waals surface area contributed by atoms with E-state index in [0.717, 1.165) is 35.8 Å². The lowest BCUT2D eigenvalue weighted by atomic mass is 9.95. The van der Waals surface area contributed by atoms with Crippen molar-refractivity contribution in [2.45, 2.75) is 68.2 Å². The highest BCUT2D eigenvalue weighted by Gasteiger charge is 2.48. The van der Waals surface area contributed by atoms with E-state index in [9.17, 15) is 26.3 Å². The Morgan fingerprint density at radius 2 is 1.97 bits per heavy atom. The summed E-state index contributed by atoms with van der Waals surface area (Å²) in [6.45, 7) is 1.21. The molecule has 2 heterocycles. The maximum absolute atomic E-state index is 14.2. The summed E-state index contributed by atoms with van der Waals surface area (Å²) < 4.78 is 84.8. The zero-order valence-corrected chi connectivity index (χ0v) is 17.0. The Balaban J connectivity index is 1.65. The summed E-state index contributed by atoms with van der Waals surface area (Å²) in [5, 5.41) is 2.60. The Bertz CT molecular complexity index is 826. The van der Waals surface area contributed by atoms with Crippen molar-refractivity contribution in [3.05, 3.63) is 17.9 Å². The lowest BCUT2D eigenvalue weighted by Gasteiger charge is -2.43. The van der Waals surface area contributed by atoms with Crippen molar-refractivity contribution < 1.29 is 26.3 Å². The van der Waals surface area contributed by atoms with Crippen LogP contribution in [0.5, 0.6) is 0 Å². The third kappa shape index (κ3) is 4.51. The summed E-state index contributed by atoms with van der Waals surface area (Å²) >= 11 is 1.15. The van der Waals surface area contributed by atoms with Crippen LogP contribution in [0.1, 0.15) is 32.6 Å². The minimum absolute atomic E-state index is 0.0416. The molecule has 166 valence electrons. The van der Waals surface area contributed by atoms with E-state index < -0.39 is 43.0 Å². The van der Waals surface area contributed by atoms with Gasteiger partial charge in [-0.25, -0.2) is 18.2 Å². The molecule has 30 heavy (non-hydrogen) atoms. The average molecular weight is 452 g/mol. The van der Waals surface area contributed by atoms with E-state index in [0.29, 0.717) is 16.4 Å². The number of alkyl halides is 5. The molecule has 0 spiro atoms. The van der Waals surface area contributed by atoms with E-state index in [1.807, 2.05) is 0 Å². The summed E-state index contributed by atoms with van der Waals surface area (Å²) in [7, 11) is 0. The van der Waals surface area contributed by atoms with Crippen molar-refractivity contribution in [2.75, 3.05) is 11.4 Å². The molecule has 4 rings (SSSR count). The van der Waals surface area contributed by atoms with Gasteiger partial charge in [0.05, 0.1) is 16.6 Å². The normalized spacial score (nSPS) is 25.6. The maximum atomic E-state index is 14.2. The minimum Gasteiger partial charge on any atom is -0.358 e. The molecule has 0 radical (unpaired) electrons. The Labute approximate surface area is 174 Å². The summed E-state index contributed by atoms with van der Waals surface area (Å²) in [4.78, 5) is 6.09. The molecule has 0 amide bonds. The predicted molar refractivity (Wildman–Crippen MR) is 104 cm³/mol. The first-order chi connectivity index (χ1) is 14.1. The van der Waals surface area contributed by atoms with E-state index in [1.54, 1.807) is 0 Å². The maximum Gasteiger partial charge on any atom is 0.408 e. The molecule has 1 saturated heterocycles. The fraction of sp³-hybridized carbons (Fsp3) is 0.632. The zero-order chi connectivity index (χ0) is 21.6. The first-order valence-corrected chi connectivity index (χ1v) is 10.7. The van der Waals surface area contributed by atoms with Crippen molar-refractivity contribution in [3.8, 4) is 0 Å². The molecule has 2 N–H and O–H groups in total. The molecule has 3 aliphatic rings. The number of fused-ring (bicyclic) bond motifs is 1. The Hall–Kier alpha value is -1.62. The molecule has 2 fully saturated rings. The van der Waals surface area contributed by atoms with Crippen LogP contribution in [-0.4, -0.2) is 43.1 Å². The monoisotopic (exact) mass is 452 g/mol. The fourth-order valence-electron chi connectivity index (χ4n) is 3.91. The molecule has 1 aliphatic carbocycles. The van der Waals surface area contributed by atoms with Gasteiger partial charge in [-0.3, -0.25) is 0 Å². The summed E-state index contributed by atoms with van der Waals surface area (Å²) in [6.07, 6.45) is -5.50. The molecular formula is C19H22F6N4S. The number of nitrogens with zero attached hydrogens (tertiary/aromatic N) is 2. The van der Waals surface area contributed by atoms with Crippen LogP contribution in [-0.2, 0) is 0 Å². The topological polar surface area (TPSA) is 39.7 Å². The molecule has 3 atom stereocenters. The van der Waals surface area contributed by atoms with Gasteiger partial charge in [0.15, 0.2) is 0 Å². The quantitative estimate of drug-likeness (QED) is 0.486. The molecule has 4 nitrogen and oxygen atoms in total. The minimum atomic E-state index is -4.60. The van der Waals surface area contributed by atoms with E-state index in [1.165, 1.54) is 13.0 Å². The van der Waals surface area contributed by atoms with Gasteiger partial charge in [-0.1, -0.05) is 0 Å². The van der Waals surface area contributed by atoms with Gasteiger partial charge in [0, 0.05) is 18.5 Å². The second kappa shape index (κ2) is 8.14. The number of amidine groups is 1. The van der Waals surface area contributed by atoms with Gasteiger partial charge in [-0.2, -0.15) is 13.2 Å². The van der Waals surface area contributed by atoms with Crippen LogP contribution in [0.4, 0.5) is 37.7 Å². The summed E-state index contributed by atoms with van der Waals surface area (Å²) in [6, 6.07) is -1.48. The van der Waals surface area contributed by atoms with E-state index in [2.05, 4.69) is 15.0 Å². The molecule has 0 bridgehead atoms. The Morgan fingerprint density at radius 1 is 1.23 bits per heavy atom.